The summed E-state index contributed by atoms with van der Waals surface area (Å²) in [5.74, 6) is 1.71. The van der Waals surface area contributed by atoms with Gasteiger partial charge in [0.25, 0.3) is 0 Å². The van der Waals surface area contributed by atoms with Gasteiger partial charge in [-0.2, -0.15) is 0 Å². The van der Waals surface area contributed by atoms with Gasteiger partial charge in [-0.25, -0.2) is 4.98 Å². The summed E-state index contributed by atoms with van der Waals surface area (Å²) in [6.45, 7) is 0.349. The van der Waals surface area contributed by atoms with E-state index in [0.717, 1.165) is 17.1 Å². The van der Waals surface area contributed by atoms with Crippen molar-refractivity contribution in [3.8, 4) is 11.5 Å². The van der Waals surface area contributed by atoms with Crippen molar-refractivity contribution >= 4 is 5.78 Å². The molecular formula is C18H16N2O2. The van der Waals surface area contributed by atoms with Crippen LogP contribution in [0.15, 0.2) is 73.3 Å². The topological polar surface area (TPSA) is 44.1 Å². The van der Waals surface area contributed by atoms with Gasteiger partial charge in [0.1, 0.15) is 11.5 Å². The number of Topliss-reactive ketones (excluding diaryl/α,β-unsaturated/α-hetero) is 1. The minimum atomic E-state index is 0.148. The maximum atomic E-state index is 12.0. The maximum Gasteiger partial charge on any atom is 0.156 e. The average Bonchev–Trinajstić information content (AvgIpc) is 3.03. The molecule has 0 aliphatic rings. The van der Waals surface area contributed by atoms with E-state index in [-0.39, 0.29) is 5.78 Å². The molecule has 0 atom stereocenters. The summed E-state index contributed by atoms with van der Waals surface area (Å²) in [5.41, 5.74) is 0.977. The first-order valence-corrected chi connectivity index (χ1v) is 7.09. The van der Waals surface area contributed by atoms with Crippen LogP contribution in [0.5, 0.6) is 11.5 Å². The van der Waals surface area contributed by atoms with E-state index in [4.69, 9.17) is 4.74 Å². The molecule has 0 amide bonds. The normalized spacial score (nSPS) is 10.4. The zero-order chi connectivity index (χ0) is 15.2. The van der Waals surface area contributed by atoms with Crippen molar-refractivity contribution in [1.29, 1.82) is 0 Å². The van der Waals surface area contributed by atoms with Gasteiger partial charge >= 0.3 is 0 Å². The molecule has 0 radical (unpaired) electrons. The van der Waals surface area contributed by atoms with Gasteiger partial charge in [-0.15, -0.1) is 0 Å². The van der Waals surface area contributed by atoms with Crippen molar-refractivity contribution in [2.75, 3.05) is 0 Å². The summed E-state index contributed by atoms with van der Waals surface area (Å²) in [6, 6.07) is 17.2. The number of ketones is 1. The van der Waals surface area contributed by atoms with Crippen LogP contribution >= 0.6 is 0 Å². The molecule has 22 heavy (non-hydrogen) atoms. The zero-order valence-corrected chi connectivity index (χ0v) is 12.1. The quantitative estimate of drug-likeness (QED) is 0.698. The molecule has 3 rings (SSSR count). The molecule has 4 heteroatoms. The first kappa shape index (κ1) is 14.1. The molecule has 1 aromatic heterocycles. The molecule has 0 saturated heterocycles. The third kappa shape index (κ3) is 3.82. The molecule has 0 spiro atoms. The Kier molecular flexibility index (Phi) is 4.30. The fourth-order valence-electron chi connectivity index (χ4n) is 2.17. The Morgan fingerprint density at radius 2 is 1.73 bits per heavy atom. The highest BCUT2D eigenvalue weighted by Gasteiger charge is 2.05. The standard InChI is InChI=1S/C18H16N2O2/c21-16(13-20-11-10-19-14-20)12-15-6-8-18(9-7-15)22-17-4-2-1-3-5-17/h1-11,14H,12-13H2. The molecule has 0 fully saturated rings. The fourth-order valence-corrected chi connectivity index (χ4v) is 2.17. The summed E-state index contributed by atoms with van der Waals surface area (Å²) < 4.78 is 7.50. The van der Waals surface area contributed by atoms with Gasteiger partial charge in [0.2, 0.25) is 0 Å². The summed E-state index contributed by atoms with van der Waals surface area (Å²) >= 11 is 0. The fraction of sp³-hybridized carbons (Fsp3) is 0.111. The average molecular weight is 292 g/mol. The smallest absolute Gasteiger partial charge is 0.156 e. The van der Waals surface area contributed by atoms with Crippen molar-refractivity contribution in [2.24, 2.45) is 0 Å². The number of carbonyl (C=O) groups excluding carboxylic acids is 1. The Bertz CT molecular complexity index is 720. The van der Waals surface area contributed by atoms with Crippen LogP contribution in [0.25, 0.3) is 0 Å². The summed E-state index contributed by atoms with van der Waals surface area (Å²) in [4.78, 5) is 15.9. The van der Waals surface area contributed by atoms with Crippen LogP contribution in [-0.2, 0) is 17.8 Å². The minimum Gasteiger partial charge on any atom is -0.457 e. The minimum absolute atomic E-state index is 0.148. The van der Waals surface area contributed by atoms with Crippen molar-refractivity contribution in [3.63, 3.8) is 0 Å². The monoisotopic (exact) mass is 292 g/mol. The predicted octanol–water partition coefficient (Wildman–Crippen LogP) is 3.49. The Labute approximate surface area is 129 Å². The van der Waals surface area contributed by atoms with E-state index in [0.29, 0.717) is 13.0 Å². The lowest BCUT2D eigenvalue weighted by Gasteiger charge is -2.07. The Morgan fingerprint density at radius 3 is 2.41 bits per heavy atom. The zero-order valence-electron chi connectivity index (χ0n) is 12.1. The second-order valence-electron chi connectivity index (χ2n) is 5.01. The van der Waals surface area contributed by atoms with Crippen molar-refractivity contribution in [2.45, 2.75) is 13.0 Å². The van der Waals surface area contributed by atoms with E-state index >= 15 is 0 Å². The Hall–Kier alpha value is -2.88. The number of imidazole rings is 1. The summed E-state index contributed by atoms with van der Waals surface area (Å²) in [5, 5.41) is 0. The first-order valence-electron chi connectivity index (χ1n) is 7.09. The molecule has 1 heterocycles. The number of rotatable bonds is 6. The molecule has 0 aliphatic heterocycles. The number of carbonyl (C=O) groups is 1. The lowest BCUT2D eigenvalue weighted by molar-refractivity contribution is -0.119. The van der Waals surface area contributed by atoms with E-state index in [9.17, 15) is 4.79 Å². The largest absolute Gasteiger partial charge is 0.457 e. The van der Waals surface area contributed by atoms with Crippen LogP contribution in [0.1, 0.15) is 5.56 Å². The van der Waals surface area contributed by atoms with Gasteiger partial charge in [-0.05, 0) is 29.8 Å². The molecule has 0 unspecified atom stereocenters. The molecule has 0 aliphatic carbocycles. The molecule has 2 aromatic carbocycles. The third-order valence-corrected chi connectivity index (χ3v) is 3.22. The Morgan fingerprint density at radius 1 is 1.00 bits per heavy atom. The van der Waals surface area contributed by atoms with E-state index in [1.165, 1.54) is 0 Å². The second-order valence-corrected chi connectivity index (χ2v) is 5.01. The molecule has 0 N–H and O–H groups in total. The number of hydrogen-bond acceptors (Lipinski definition) is 3. The highest BCUT2D eigenvalue weighted by molar-refractivity contribution is 5.80. The second kappa shape index (κ2) is 6.72. The number of para-hydroxylation sites is 1. The van der Waals surface area contributed by atoms with Gasteiger partial charge in [0, 0.05) is 18.8 Å². The molecule has 3 aromatic rings. The van der Waals surface area contributed by atoms with E-state index < -0.39 is 0 Å². The number of aromatic nitrogens is 2. The van der Waals surface area contributed by atoms with Crippen molar-refractivity contribution in [3.05, 3.63) is 78.9 Å². The van der Waals surface area contributed by atoms with Crippen molar-refractivity contribution < 1.29 is 9.53 Å². The van der Waals surface area contributed by atoms with E-state index in [1.807, 2.05) is 54.6 Å². The van der Waals surface area contributed by atoms with E-state index in [1.54, 1.807) is 23.3 Å². The highest BCUT2D eigenvalue weighted by Crippen LogP contribution is 2.21. The number of ether oxygens (including phenoxy) is 1. The molecule has 0 bridgehead atoms. The van der Waals surface area contributed by atoms with Gasteiger partial charge in [0.15, 0.2) is 5.78 Å². The Balaban J connectivity index is 1.58. The van der Waals surface area contributed by atoms with Crippen LogP contribution in [0.2, 0.25) is 0 Å². The predicted molar refractivity (Wildman–Crippen MR) is 83.9 cm³/mol. The lowest BCUT2D eigenvalue weighted by Crippen LogP contribution is -2.11. The highest BCUT2D eigenvalue weighted by atomic mass is 16.5. The van der Waals surface area contributed by atoms with Crippen LogP contribution in [0, 0.1) is 0 Å². The SMILES string of the molecule is O=C(Cc1ccc(Oc2ccccc2)cc1)Cn1ccnc1. The lowest BCUT2D eigenvalue weighted by atomic mass is 10.1. The number of benzene rings is 2. The van der Waals surface area contributed by atoms with Gasteiger partial charge < -0.3 is 9.30 Å². The molecule has 110 valence electrons. The summed E-state index contributed by atoms with van der Waals surface area (Å²) in [6.07, 6.45) is 5.51. The maximum absolute atomic E-state index is 12.0. The third-order valence-electron chi connectivity index (χ3n) is 3.22. The van der Waals surface area contributed by atoms with E-state index in [2.05, 4.69) is 4.98 Å². The van der Waals surface area contributed by atoms with Crippen LogP contribution in [0.3, 0.4) is 0 Å². The van der Waals surface area contributed by atoms with Crippen molar-refractivity contribution in [1.82, 2.24) is 9.55 Å². The molecular weight excluding hydrogens is 276 g/mol. The number of hydrogen-bond donors (Lipinski definition) is 0. The molecule has 0 saturated carbocycles. The summed E-state index contributed by atoms with van der Waals surface area (Å²) in [7, 11) is 0. The van der Waals surface area contributed by atoms with Gasteiger partial charge in [-0.1, -0.05) is 30.3 Å². The first-order chi connectivity index (χ1) is 10.8. The van der Waals surface area contributed by atoms with Crippen LogP contribution in [0.4, 0.5) is 0 Å². The van der Waals surface area contributed by atoms with Gasteiger partial charge in [-0.3, -0.25) is 4.79 Å². The molecule has 4 nitrogen and oxygen atoms in total. The number of nitrogens with zero attached hydrogens (tertiary/aromatic N) is 2. The van der Waals surface area contributed by atoms with Gasteiger partial charge in [0.05, 0.1) is 12.9 Å². The van der Waals surface area contributed by atoms with Crippen LogP contribution < -0.4 is 4.74 Å². The van der Waals surface area contributed by atoms with Crippen LogP contribution in [-0.4, -0.2) is 15.3 Å².